The number of nitrogens with one attached hydrogen (secondary N) is 1. The first kappa shape index (κ1) is 20.5. The molecule has 30 heavy (non-hydrogen) atoms. The molecule has 1 aliphatic carbocycles. The molecule has 156 valence electrons. The molecule has 1 atom stereocenters. The van der Waals surface area contributed by atoms with Crippen LogP contribution in [0.25, 0.3) is 0 Å². The van der Waals surface area contributed by atoms with Gasteiger partial charge in [-0.1, -0.05) is 0 Å². The van der Waals surface area contributed by atoms with Crippen molar-refractivity contribution in [3.8, 4) is 6.07 Å². The molecule has 0 bridgehead atoms. The van der Waals surface area contributed by atoms with Crippen LogP contribution in [0.3, 0.4) is 0 Å². The van der Waals surface area contributed by atoms with Crippen molar-refractivity contribution in [2.24, 2.45) is 0 Å². The maximum atomic E-state index is 13.3. The number of hydrogen-bond donors (Lipinski definition) is 1. The third-order valence-electron chi connectivity index (χ3n) is 5.31. The van der Waals surface area contributed by atoms with Gasteiger partial charge >= 0.3 is 0 Å². The first-order chi connectivity index (χ1) is 14.3. The second-order valence-corrected chi connectivity index (χ2v) is 9.78. The Hall–Kier alpha value is -2.79. The number of hydrogen-bond acceptors (Lipinski definition) is 5. The van der Waals surface area contributed by atoms with Gasteiger partial charge in [0.15, 0.2) is 5.69 Å². The predicted molar refractivity (Wildman–Crippen MR) is 116 cm³/mol. The molecule has 2 aliphatic rings. The summed E-state index contributed by atoms with van der Waals surface area (Å²) >= 11 is 1.56. The van der Waals surface area contributed by atoms with Crippen LogP contribution in [-0.2, 0) is 10.3 Å². The summed E-state index contributed by atoms with van der Waals surface area (Å²) in [6.07, 6.45) is 2.26. The number of nitrogens with zero attached hydrogens (tertiary/aromatic N) is 4. The molecule has 1 saturated carbocycles. The van der Waals surface area contributed by atoms with Gasteiger partial charge in [0.2, 0.25) is 5.91 Å². The lowest BCUT2D eigenvalue weighted by Crippen LogP contribution is -2.44. The molecular weight excluding hydrogens is 398 g/mol. The highest BCUT2D eigenvalue weighted by molar-refractivity contribution is 7.99. The van der Waals surface area contributed by atoms with Gasteiger partial charge in [-0.25, -0.2) is 0 Å². The Labute approximate surface area is 180 Å². The highest BCUT2D eigenvalue weighted by Crippen LogP contribution is 2.42. The number of thioether (sulfide) groups is 1. The summed E-state index contributed by atoms with van der Waals surface area (Å²) in [7, 11) is 0. The first-order valence-corrected chi connectivity index (χ1v) is 11.2. The standard InChI is InChI=1S/C22H25N5O2S/c1-22(2,3)27-18(15-6-7-15)10-17(25-27)21(29)26-13-30-12-19(26)20(28)24-16-8-4-14(11-23)5-9-16/h4-5,8-10,15,19H,6-7,12-13H2,1-3H3,(H,24,28). The van der Waals surface area contributed by atoms with E-state index in [1.165, 1.54) is 0 Å². The second-order valence-electron chi connectivity index (χ2n) is 8.78. The van der Waals surface area contributed by atoms with Crippen LogP contribution in [0.1, 0.15) is 61.3 Å². The minimum Gasteiger partial charge on any atom is -0.324 e. The normalized spacial score (nSPS) is 18.9. The zero-order chi connectivity index (χ0) is 21.5. The Morgan fingerprint density at radius 1 is 1.23 bits per heavy atom. The summed E-state index contributed by atoms with van der Waals surface area (Å²) in [5, 5.41) is 16.4. The number of anilines is 1. The Kier molecular flexibility index (Phi) is 5.33. The van der Waals surface area contributed by atoms with E-state index >= 15 is 0 Å². The zero-order valence-corrected chi connectivity index (χ0v) is 18.2. The maximum Gasteiger partial charge on any atom is 0.275 e. The number of amides is 2. The van der Waals surface area contributed by atoms with Gasteiger partial charge in [-0.2, -0.15) is 10.4 Å². The molecule has 1 unspecified atom stereocenters. The SMILES string of the molecule is CC(C)(C)n1nc(C(=O)N2CSCC2C(=O)Nc2ccc(C#N)cc2)cc1C1CC1. The molecule has 2 fully saturated rings. The zero-order valence-electron chi connectivity index (χ0n) is 17.4. The van der Waals surface area contributed by atoms with Gasteiger partial charge in [0.25, 0.3) is 5.91 Å². The van der Waals surface area contributed by atoms with Crippen molar-refractivity contribution in [1.82, 2.24) is 14.7 Å². The van der Waals surface area contributed by atoms with Crippen molar-refractivity contribution in [3.63, 3.8) is 0 Å². The summed E-state index contributed by atoms with van der Waals surface area (Å²) < 4.78 is 1.97. The Morgan fingerprint density at radius 2 is 1.93 bits per heavy atom. The molecule has 2 heterocycles. The Bertz CT molecular complexity index is 1010. The van der Waals surface area contributed by atoms with Gasteiger partial charge in [-0.15, -0.1) is 11.8 Å². The molecule has 7 nitrogen and oxygen atoms in total. The molecule has 1 aromatic heterocycles. The monoisotopic (exact) mass is 423 g/mol. The third kappa shape index (κ3) is 4.08. The fourth-order valence-corrected chi connectivity index (χ4v) is 4.72. The summed E-state index contributed by atoms with van der Waals surface area (Å²) in [6.45, 7) is 6.25. The molecule has 1 N–H and O–H groups in total. The number of carbonyl (C=O) groups excluding carboxylic acids is 2. The maximum absolute atomic E-state index is 13.3. The van der Waals surface area contributed by atoms with E-state index in [-0.39, 0.29) is 17.4 Å². The number of benzene rings is 1. The number of rotatable bonds is 4. The van der Waals surface area contributed by atoms with E-state index in [4.69, 9.17) is 5.26 Å². The lowest BCUT2D eigenvalue weighted by Gasteiger charge is -2.23. The van der Waals surface area contributed by atoms with Crippen LogP contribution in [-0.4, -0.2) is 44.2 Å². The first-order valence-electron chi connectivity index (χ1n) is 10.1. The van der Waals surface area contributed by atoms with Gasteiger partial charge in [-0.05, 0) is 63.9 Å². The largest absolute Gasteiger partial charge is 0.324 e. The quantitative estimate of drug-likeness (QED) is 0.812. The molecule has 2 amide bonds. The molecular formula is C22H25N5O2S. The van der Waals surface area contributed by atoms with Gasteiger partial charge in [0, 0.05) is 23.1 Å². The molecule has 0 radical (unpaired) electrons. The fraction of sp³-hybridized carbons (Fsp3) is 0.455. The highest BCUT2D eigenvalue weighted by atomic mass is 32.2. The molecule has 8 heteroatoms. The lowest BCUT2D eigenvalue weighted by atomic mass is 10.1. The van der Waals surface area contributed by atoms with Crippen LogP contribution in [0.2, 0.25) is 0 Å². The van der Waals surface area contributed by atoms with E-state index < -0.39 is 6.04 Å². The third-order valence-corrected chi connectivity index (χ3v) is 6.33. The van der Waals surface area contributed by atoms with E-state index in [9.17, 15) is 9.59 Å². The van der Waals surface area contributed by atoms with Crippen molar-refractivity contribution in [3.05, 3.63) is 47.3 Å². The van der Waals surface area contributed by atoms with E-state index in [2.05, 4.69) is 37.3 Å². The van der Waals surface area contributed by atoms with Crippen molar-refractivity contribution in [2.45, 2.75) is 51.1 Å². The van der Waals surface area contributed by atoms with Gasteiger partial charge in [0.1, 0.15) is 6.04 Å². The van der Waals surface area contributed by atoms with Gasteiger partial charge < -0.3 is 10.2 Å². The lowest BCUT2D eigenvalue weighted by molar-refractivity contribution is -0.119. The molecule has 1 aromatic carbocycles. The molecule has 4 rings (SSSR count). The van der Waals surface area contributed by atoms with Crippen LogP contribution >= 0.6 is 11.8 Å². The minimum atomic E-state index is -0.553. The minimum absolute atomic E-state index is 0.204. The average Bonchev–Trinajstić information content (AvgIpc) is 3.26. The average molecular weight is 424 g/mol. The van der Waals surface area contributed by atoms with Crippen molar-refractivity contribution < 1.29 is 9.59 Å². The van der Waals surface area contributed by atoms with Crippen LogP contribution in [0.15, 0.2) is 30.3 Å². The Morgan fingerprint density at radius 3 is 2.53 bits per heavy atom. The number of aromatic nitrogens is 2. The Balaban J connectivity index is 1.52. The fourth-order valence-electron chi connectivity index (χ4n) is 3.57. The number of nitriles is 1. The molecule has 1 aliphatic heterocycles. The second kappa shape index (κ2) is 7.80. The van der Waals surface area contributed by atoms with Gasteiger partial charge in [-0.3, -0.25) is 14.3 Å². The van der Waals surface area contributed by atoms with Gasteiger partial charge in [0.05, 0.1) is 23.0 Å². The van der Waals surface area contributed by atoms with Crippen molar-refractivity contribution in [1.29, 1.82) is 5.26 Å². The number of carbonyl (C=O) groups is 2. The molecule has 0 spiro atoms. The van der Waals surface area contributed by atoms with E-state index in [0.717, 1.165) is 18.5 Å². The summed E-state index contributed by atoms with van der Waals surface area (Å²) in [5.41, 5.74) is 2.45. The summed E-state index contributed by atoms with van der Waals surface area (Å²) in [6, 6.07) is 10.1. The molecule has 2 aromatic rings. The van der Waals surface area contributed by atoms with Crippen LogP contribution in [0.5, 0.6) is 0 Å². The van der Waals surface area contributed by atoms with E-state index in [1.807, 2.05) is 10.7 Å². The summed E-state index contributed by atoms with van der Waals surface area (Å²) in [4.78, 5) is 27.7. The van der Waals surface area contributed by atoms with Crippen LogP contribution < -0.4 is 5.32 Å². The predicted octanol–water partition coefficient (Wildman–Crippen LogP) is 3.54. The van der Waals surface area contributed by atoms with Crippen molar-refractivity contribution in [2.75, 3.05) is 16.9 Å². The van der Waals surface area contributed by atoms with Crippen molar-refractivity contribution >= 4 is 29.3 Å². The highest BCUT2D eigenvalue weighted by Gasteiger charge is 2.38. The topological polar surface area (TPSA) is 91.0 Å². The smallest absolute Gasteiger partial charge is 0.275 e. The van der Waals surface area contributed by atoms with E-state index in [1.54, 1.807) is 40.9 Å². The summed E-state index contributed by atoms with van der Waals surface area (Å²) in [5.74, 6) is 1.05. The molecule has 1 saturated heterocycles. The van der Waals surface area contributed by atoms with Crippen LogP contribution in [0.4, 0.5) is 5.69 Å². The van der Waals surface area contributed by atoms with Crippen LogP contribution in [0, 0.1) is 11.3 Å². The van der Waals surface area contributed by atoms with E-state index in [0.29, 0.717) is 34.5 Å².